The zero-order valence-electron chi connectivity index (χ0n) is 15.3. The fourth-order valence-corrected chi connectivity index (χ4v) is 3.78. The molecular formula is C18H19F3N4O2S. The number of rotatable bonds is 3. The minimum absolute atomic E-state index is 0.141. The lowest BCUT2D eigenvalue weighted by Gasteiger charge is -2.35. The molecule has 1 aliphatic rings. The minimum atomic E-state index is -4.44. The average molecular weight is 412 g/mol. The lowest BCUT2D eigenvalue weighted by Crippen LogP contribution is -2.50. The zero-order valence-corrected chi connectivity index (χ0v) is 16.2. The first-order chi connectivity index (χ1) is 13.2. The summed E-state index contributed by atoms with van der Waals surface area (Å²) in [6.07, 6.45) is -4.44. The zero-order chi connectivity index (χ0) is 20.5. The average Bonchev–Trinajstić information content (AvgIpc) is 3.07. The summed E-state index contributed by atoms with van der Waals surface area (Å²) in [5.74, 6) is -0.484. The summed E-state index contributed by atoms with van der Waals surface area (Å²) in [7, 11) is 1.73. The Labute approximate surface area is 164 Å². The van der Waals surface area contributed by atoms with Gasteiger partial charge in [-0.25, -0.2) is 0 Å². The molecule has 1 aliphatic heterocycles. The number of hydrogen-bond donors (Lipinski definition) is 1. The highest BCUT2D eigenvalue weighted by molar-refractivity contribution is 7.10. The molecule has 28 heavy (non-hydrogen) atoms. The Morgan fingerprint density at radius 1 is 1.04 bits per heavy atom. The summed E-state index contributed by atoms with van der Waals surface area (Å²) in [5.41, 5.74) is 0.597. The van der Waals surface area contributed by atoms with Crippen molar-refractivity contribution >= 4 is 28.3 Å². The number of carbonyl (C=O) groups is 2. The maximum atomic E-state index is 12.8. The van der Waals surface area contributed by atoms with E-state index in [1.165, 1.54) is 23.7 Å². The summed E-state index contributed by atoms with van der Waals surface area (Å²) >= 11 is 1.22. The SMILES string of the molecule is CNc1snc(C)c1C(=O)N1CCN(C(=O)c2ccc(C(F)(F)F)cc2)CC1. The Bertz CT molecular complexity index is 872. The number of nitrogens with one attached hydrogen (secondary N) is 1. The van der Waals surface area contributed by atoms with E-state index in [4.69, 9.17) is 0 Å². The quantitative estimate of drug-likeness (QED) is 0.842. The third kappa shape index (κ3) is 3.96. The van der Waals surface area contributed by atoms with E-state index in [1.54, 1.807) is 23.8 Å². The van der Waals surface area contributed by atoms with E-state index in [0.29, 0.717) is 42.4 Å². The van der Waals surface area contributed by atoms with Gasteiger partial charge in [-0.15, -0.1) is 0 Å². The Morgan fingerprint density at radius 3 is 2.07 bits per heavy atom. The second-order valence-corrected chi connectivity index (χ2v) is 7.16. The highest BCUT2D eigenvalue weighted by Gasteiger charge is 2.31. The molecule has 0 saturated carbocycles. The molecular weight excluding hydrogens is 393 g/mol. The number of nitrogens with zero attached hydrogens (tertiary/aromatic N) is 3. The van der Waals surface area contributed by atoms with Gasteiger partial charge in [-0.1, -0.05) is 0 Å². The molecule has 1 aromatic carbocycles. The van der Waals surface area contributed by atoms with Crippen LogP contribution in [-0.2, 0) is 6.18 Å². The molecule has 0 atom stereocenters. The normalized spacial score (nSPS) is 14.9. The van der Waals surface area contributed by atoms with E-state index in [2.05, 4.69) is 9.69 Å². The van der Waals surface area contributed by atoms with Gasteiger partial charge < -0.3 is 15.1 Å². The molecule has 150 valence electrons. The number of halogens is 3. The molecule has 2 amide bonds. The Morgan fingerprint density at radius 2 is 1.57 bits per heavy atom. The number of anilines is 1. The molecule has 10 heteroatoms. The van der Waals surface area contributed by atoms with Gasteiger partial charge in [-0.3, -0.25) is 9.59 Å². The lowest BCUT2D eigenvalue weighted by molar-refractivity contribution is -0.137. The van der Waals surface area contributed by atoms with Crippen LogP contribution >= 0.6 is 11.5 Å². The number of alkyl halides is 3. The fourth-order valence-electron chi connectivity index (χ4n) is 3.05. The van der Waals surface area contributed by atoms with Crippen molar-refractivity contribution in [1.29, 1.82) is 0 Å². The molecule has 0 aliphatic carbocycles. The summed E-state index contributed by atoms with van der Waals surface area (Å²) in [6.45, 7) is 3.11. The number of carbonyl (C=O) groups excluding carboxylic acids is 2. The van der Waals surface area contributed by atoms with Crippen LogP contribution in [0.25, 0.3) is 0 Å². The van der Waals surface area contributed by atoms with Gasteiger partial charge in [0, 0.05) is 38.8 Å². The van der Waals surface area contributed by atoms with Gasteiger partial charge in [0.1, 0.15) is 5.00 Å². The monoisotopic (exact) mass is 412 g/mol. The molecule has 0 spiro atoms. The standard InChI is InChI=1S/C18H19F3N4O2S/c1-11-14(15(22-2)28-23-11)17(27)25-9-7-24(8-10-25)16(26)12-3-5-13(6-4-12)18(19,20)21/h3-6,22H,7-10H2,1-2H3. The maximum Gasteiger partial charge on any atom is 0.416 e. The second-order valence-electron chi connectivity index (χ2n) is 6.38. The Kier molecular flexibility index (Phi) is 5.59. The van der Waals surface area contributed by atoms with Crippen molar-refractivity contribution in [3.8, 4) is 0 Å². The third-order valence-corrected chi connectivity index (χ3v) is 5.57. The van der Waals surface area contributed by atoms with Crippen LogP contribution in [0, 0.1) is 6.92 Å². The number of aryl methyl sites for hydroxylation is 1. The molecule has 0 bridgehead atoms. The topological polar surface area (TPSA) is 65.5 Å². The number of amides is 2. The minimum Gasteiger partial charge on any atom is -0.378 e. The number of piperazine rings is 1. The number of hydrogen-bond acceptors (Lipinski definition) is 5. The number of benzene rings is 1. The predicted molar refractivity (Wildman–Crippen MR) is 99.6 cm³/mol. The van der Waals surface area contributed by atoms with Crippen molar-refractivity contribution in [2.45, 2.75) is 13.1 Å². The first-order valence-corrected chi connectivity index (χ1v) is 9.39. The summed E-state index contributed by atoms with van der Waals surface area (Å²) in [4.78, 5) is 28.5. The van der Waals surface area contributed by atoms with Crippen LogP contribution in [0.3, 0.4) is 0 Å². The van der Waals surface area contributed by atoms with Crippen LogP contribution in [0.15, 0.2) is 24.3 Å². The van der Waals surface area contributed by atoms with Crippen molar-refractivity contribution < 1.29 is 22.8 Å². The molecule has 0 radical (unpaired) electrons. The van der Waals surface area contributed by atoms with Crippen molar-refractivity contribution in [3.05, 3.63) is 46.6 Å². The van der Waals surface area contributed by atoms with Crippen LogP contribution in [0.4, 0.5) is 18.2 Å². The van der Waals surface area contributed by atoms with Crippen LogP contribution in [0.2, 0.25) is 0 Å². The molecule has 1 fully saturated rings. The van der Waals surface area contributed by atoms with Crippen molar-refractivity contribution in [1.82, 2.24) is 14.2 Å². The van der Waals surface area contributed by atoms with Crippen LogP contribution in [-0.4, -0.2) is 59.2 Å². The van der Waals surface area contributed by atoms with E-state index < -0.39 is 11.7 Å². The van der Waals surface area contributed by atoms with Crippen molar-refractivity contribution in [2.75, 3.05) is 38.5 Å². The van der Waals surface area contributed by atoms with E-state index in [1.807, 2.05) is 0 Å². The summed E-state index contributed by atoms with van der Waals surface area (Å²) in [5, 5.41) is 3.66. The van der Waals surface area contributed by atoms with Gasteiger partial charge in [0.05, 0.1) is 16.8 Å². The Hall–Kier alpha value is -2.62. The molecule has 3 rings (SSSR count). The van der Waals surface area contributed by atoms with E-state index in [-0.39, 0.29) is 17.4 Å². The first kappa shape index (κ1) is 20.1. The molecule has 0 unspecified atom stereocenters. The summed E-state index contributed by atoms with van der Waals surface area (Å²) < 4.78 is 42.2. The molecule has 2 heterocycles. The first-order valence-electron chi connectivity index (χ1n) is 8.62. The van der Waals surface area contributed by atoms with Gasteiger partial charge in [0.2, 0.25) is 0 Å². The van der Waals surface area contributed by atoms with E-state index in [9.17, 15) is 22.8 Å². The van der Waals surface area contributed by atoms with E-state index >= 15 is 0 Å². The van der Waals surface area contributed by atoms with Crippen LogP contribution in [0.1, 0.15) is 32.0 Å². The maximum absolute atomic E-state index is 12.8. The Balaban J connectivity index is 1.64. The van der Waals surface area contributed by atoms with Gasteiger partial charge in [0.15, 0.2) is 0 Å². The summed E-state index contributed by atoms with van der Waals surface area (Å²) in [6, 6.07) is 4.17. The van der Waals surface area contributed by atoms with E-state index in [0.717, 1.165) is 12.1 Å². The molecule has 1 aromatic heterocycles. The van der Waals surface area contributed by atoms with Crippen molar-refractivity contribution in [2.24, 2.45) is 0 Å². The smallest absolute Gasteiger partial charge is 0.378 e. The highest BCUT2D eigenvalue weighted by Crippen LogP contribution is 2.29. The highest BCUT2D eigenvalue weighted by atomic mass is 32.1. The number of aromatic nitrogens is 1. The van der Waals surface area contributed by atoms with Gasteiger partial charge in [-0.05, 0) is 42.7 Å². The van der Waals surface area contributed by atoms with Crippen molar-refractivity contribution in [3.63, 3.8) is 0 Å². The second kappa shape index (κ2) is 7.78. The third-order valence-electron chi connectivity index (χ3n) is 4.62. The van der Waals surface area contributed by atoms with Crippen LogP contribution in [0.5, 0.6) is 0 Å². The molecule has 6 nitrogen and oxygen atoms in total. The molecule has 2 aromatic rings. The fraction of sp³-hybridized carbons (Fsp3) is 0.389. The molecule has 1 N–H and O–H groups in total. The van der Waals surface area contributed by atoms with Gasteiger partial charge >= 0.3 is 6.18 Å². The lowest BCUT2D eigenvalue weighted by atomic mass is 10.1. The van der Waals surface area contributed by atoms with Gasteiger partial charge in [0.25, 0.3) is 11.8 Å². The molecule has 1 saturated heterocycles. The largest absolute Gasteiger partial charge is 0.416 e. The predicted octanol–water partition coefficient (Wildman–Crippen LogP) is 3.11. The van der Waals surface area contributed by atoms with Gasteiger partial charge in [-0.2, -0.15) is 17.5 Å². The van der Waals surface area contributed by atoms with Crippen LogP contribution < -0.4 is 5.32 Å².